The van der Waals surface area contributed by atoms with Crippen molar-refractivity contribution in [3.8, 4) is 0 Å². The van der Waals surface area contributed by atoms with E-state index in [2.05, 4.69) is 10.3 Å². The maximum atomic E-state index is 12.1. The second kappa shape index (κ2) is 6.09. The molecule has 6 nitrogen and oxygen atoms in total. The molecule has 3 rings (SSSR count). The first-order valence-electron chi connectivity index (χ1n) is 7.32. The van der Waals surface area contributed by atoms with Gasteiger partial charge in [0, 0.05) is 50.7 Å². The normalized spacial score (nSPS) is 21.9. The first-order valence-corrected chi connectivity index (χ1v) is 8.31. The number of thioether (sulfide) groups is 1. The fraction of sp³-hybridized carbons (Fsp3) is 0.643. The summed E-state index contributed by atoms with van der Waals surface area (Å²) in [6, 6.07) is 0.411. The number of nitrogens with zero attached hydrogens (tertiary/aromatic N) is 3. The van der Waals surface area contributed by atoms with Crippen molar-refractivity contribution in [3.05, 3.63) is 12.4 Å². The quantitative estimate of drug-likeness (QED) is 0.618. The Kier molecular flexibility index (Phi) is 4.19. The van der Waals surface area contributed by atoms with Crippen molar-refractivity contribution in [2.75, 3.05) is 18.8 Å². The fourth-order valence-corrected chi connectivity index (χ4v) is 3.38. The van der Waals surface area contributed by atoms with Crippen LogP contribution < -0.4 is 5.32 Å². The number of hydrogen-bond donors (Lipinski definition) is 1. The molecule has 2 aliphatic rings. The zero-order chi connectivity index (χ0) is 14.8. The van der Waals surface area contributed by atoms with E-state index in [0.29, 0.717) is 25.6 Å². The second-order valence-electron chi connectivity index (χ2n) is 5.64. The molecule has 0 spiro atoms. The lowest BCUT2D eigenvalue weighted by Crippen LogP contribution is -2.34. The van der Waals surface area contributed by atoms with Gasteiger partial charge in [0.25, 0.3) is 0 Å². The Hall–Kier alpha value is -1.50. The number of carbonyl (C=O) groups is 2. The highest BCUT2D eigenvalue weighted by Gasteiger charge is 2.41. The van der Waals surface area contributed by atoms with E-state index in [0.717, 1.165) is 23.8 Å². The summed E-state index contributed by atoms with van der Waals surface area (Å²) in [6.07, 6.45) is 6.23. The van der Waals surface area contributed by atoms with E-state index in [9.17, 15) is 9.59 Å². The van der Waals surface area contributed by atoms with E-state index < -0.39 is 0 Å². The average Bonchev–Trinajstić information content (AvgIpc) is 3.11. The number of aryl methyl sites for hydroxylation is 1. The number of hydrogen-bond acceptors (Lipinski definition) is 4. The third kappa shape index (κ3) is 3.40. The average molecular weight is 308 g/mol. The smallest absolute Gasteiger partial charge is 0.225 e. The van der Waals surface area contributed by atoms with Crippen LogP contribution >= 0.6 is 11.8 Å². The molecule has 0 bridgehead atoms. The summed E-state index contributed by atoms with van der Waals surface area (Å²) in [5.41, 5.74) is 0. The summed E-state index contributed by atoms with van der Waals surface area (Å²) in [4.78, 5) is 30.0. The Morgan fingerprint density at radius 2 is 2.33 bits per heavy atom. The monoisotopic (exact) mass is 308 g/mol. The van der Waals surface area contributed by atoms with Crippen molar-refractivity contribution in [3.63, 3.8) is 0 Å². The van der Waals surface area contributed by atoms with Crippen LogP contribution in [0, 0.1) is 5.92 Å². The molecule has 0 aromatic carbocycles. The number of aromatic nitrogens is 2. The molecule has 2 fully saturated rings. The number of amides is 2. The number of likely N-dealkylation sites (tertiary alicyclic amines) is 1. The first kappa shape index (κ1) is 14.4. The molecule has 2 heterocycles. The van der Waals surface area contributed by atoms with Gasteiger partial charge in [0.2, 0.25) is 11.8 Å². The van der Waals surface area contributed by atoms with Crippen LogP contribution in [0.15, 0.2) is 17.6 Å². The molecule has 1 saturated carbocycles. The molecule has 1 aromatic heterocycles. The molecule has 1 unspecified atom stereocenters. The van der Waals surface area contributed by atoms with Crippen molar-refractivity contribution in [2.24, 2.45) is 13.0 Å². The van der Waals surface area contributed by atoms with Crippen LogP contribution in [-0.2, 0) is 16.6 Å². The third-order valence-electron chi connectivity index (χ3n) is 3.93. The summed E-state index contributed by atoms with van der Waals surface area (Å²) < 4.78 is 1.95. The van der Waals surface area contributed by atoms with Gasteiger partial charge in [-0.25, -0.2) is 4.98 Å². The van der Waals surface area contributed by atoms with Gasteiger partial charge in [-0.1, -0.05) is 11.8 Å². The van der Waals surface area contributed by atoms with Gasteiger partial charge in [-0.15, -0.1) is 0 Å². The highest BCUT2D eigenvalue weighted by Crippen LogP contribution is 2.32. The second-order valence-corrected chi connectivity index (χ2v) is 6.70. The number of imidazole rings is 1. The highest BCUT2D eigenvalue weighted by atomic mass is 32.2. The van der Waals surface area contributed by atoms with Gasteiger partial charge in [0.15, 0.2) is 5.16 Å². The third-order valence-corrected chi connectivity index (χ3v) is 4.99. The Balaban J connectivity index is 1.38. The summed E-state index contributed by atoms with van der Waals surface area (Å²) in [7, 11) is 1.95. The predicted molar refractivity (Wildman–Crippen MR) is 79.8 cm³/mol. The Labute approximate surface area is 128 Å². The summed E-state index contributed by atoms with van der Waals surface area (Å²) in [5, 5.41) is 3.88. The first-order chi connectivity index (χ1) is 10.1. The minimum absolute atomic E-state index is 0.00643. The van der Waals surface area contributed by atoms with E-state index in [1.807, 2.05) is 22.7 Å². The molecule has 114 valence electrons. The summed E-state index contributed by atoms with van der Waals surface area (Å²) in [5.74, 6) is 0.757. The van der Waals surface area contributed by atoms with Gasteiger partial charge in [-0.2, -0.15) is 0 Å². The van der Waals surface area contributed by atoms with Crippen molar-refractivity contribution in [1.29, 1.82) is 0 Å². The number of rotatable bonds is 6. The van der Waals surface area contributed by atoms with Crippen LogP contribution in [0.1, 0.15) is 19.3 Å². The van der Waals surface area contributed by atoms with Gasteiger partial charge in [0.1, 0.15) is 0 Å². The predicted octanol–water partition coefficient (Wildman–Crippen LogP) is 0.639. The van der Waals surface area contributed by atoms with Gasteiger partial charge in [-0.05, 0) is 12.8 Å². The van der Waals surface area contributed by atoms with E-state index >= 15 is 0 Å². The van der Waals surface area contributed by atoms with Crippen molar-refractivity contribution < 1.29 is 9.59 Å². The van der Waals surface area contributed by atoms with E-state index in [4.69, 9.17) is 0 Å². The Morgan fingerprint density at radius 1 is 1.52 bits per heavy atom. The number of carbonyl (C=O) groups excluding carboxylic acids is 2. The maximum absolute atomic E-state index is 12.1. The van der Waals surface area contributed by atoms with Gasteiger partial charge in [-0.3, -0.25) is 9.59 Å². The summed E-state index contributed by atoms with van der Waals surface area (Å²) in [6.45, 7) is 1.20. The minimum Gasteiger partial charge on any atom is -0.355 e. The molecule has 1 aliphatic heterocycles. The van der Waals surface area contributed by atoms with Crippen LogP contribution in [0.3, 0.4) is 0 Å². The Morgan fingerprint density at radius 3 is 3.00 bits per heavy atom. The lowest BCUT2D eigenvalue weighted by molar-refractivity contribution is -0.129. The fourth-order valence-electron chi connectivity index (χ4n) is 2.60. The SMILES string of the molecule is Cn1ccnc1SCCNC(=O)C1CC(=O)N(C2CC2)C1. The molecular formula is C14H20N4O2S. The van der Waals surface area contributed by atoms with Crippen molar-refractivity contribution in [1.82, 2.24) is 19.8 Å². The largest absolute Gasteiger partial charge is 0.355 e. The van der Waals surface area contributed by atoms with E-state index in [1.54, 1.807) is 18.0 Å². The zero-order valence-electron chi connectivity index (χ0n) is 12.1. The highest BCUT2D eigenvalue weighted by molar-refractivity contribution is 7.99. The minimum atomic E-state index is -0.170. The van der Waals surface area contributed by atoms with Gasteiger partial charge >= 0.3 is 0 Å². The number of nitrogens with one attached hydrogen (secondary N) is 1. The lowest BCUT2D eigenvalue weighted by Gasteiger charge is -2.15. The van der Waals surface area contributed by atoms with Crippen LogP contribution in [0.4, 0.5) is 0 Å². The van der Waals surface area contributed by atoms with Gasteiger partial charge in [0.05, 0.1) is 5.92 Å². The Bertz CT molecular complexity index is 541. The molecule has 7 heteroatoms. The van der Waals surface area contributed by atoms with Crippen LogP contribution in [0.2, 0.25) is 0 Å². The molecule has 2 amide bonds. The topological polar surface area (TPSA) is 67.2 Å². The van der Waals surface area contributed by atoms with Crippen LogP contribution in [0.25, 0.3) is 0 Å². The molecule has 0 radical (unpaired) electrons. The molecule has 1 aromatic rings. The lowest BCUT2D eigenvalue weighted by atomic mass is 10.1. The van der Waals surface area contributed by atoms with Gasteiger partial charge < -0.3 is 14.8 Å². The van der Waals surface area contributed by atoms with E-state index in [1.165, 1.54) is 0 Å². The molecular weight excluding hydrogens is 288 g/mol. The standard InChI is InChI=1S/C14H20N4O2S/c1-17-6-4-16-14(17)21-7-5-15-13(20)10-8-12(19)18(9-10)11-2-3-11/h4,6,10-11H,2-3,5,7-9H2,1H3,(H,15,20). The van der Waals surface area contributed by atoms with Crippen molar-refractivity contribution >= 4 is 23.6 Å². The van der Waals surface area contributed by atoms with Crippen LogP contribution in [0.5, 0.6) is 0 Å². The maximum Gasteiger partial charge on any atom is 0.225 e. The summed E-state index contributed by atoms with van der Waals surface area (Å²) >= 11 is 1.61. The molecule has 1 saturated heterocycles. The van der Waals surface area contributed by atoms with Crippen LogP contribution in [-0.4, -0.2) is 51.1 Å². The molecule has 1 N–H and O–H groups in total. The molecule has 1 atom stereocenters. The van der Waals surface area contributed by atoms with E-state index in [-0.39, 0.29) is 17.7 Å². The molecule has 21 heavy (non-hydrogen) atoms. The van der Waals surface area contributed by atoms with Crippen molar-refractivity contribution in [2.45, 2.75) is 30.5 Å². The zero-order valence-corrected chi connectivity index (χ0v) is 12.9. The molecule has 1 aliphatic carbocycles.